The molecule has 9 nitrogen and oxygen atoms in total. The van der Waals surface area contributed by atoms with Crippen LogP contribution in [0.4, 0.5) is 4.79 Å². The second kappa shape index (κ2) is 8.07. The Hall–Kier alpha value is -3.10. The van der Waals surface area contributed by atoms with Gasteiger partial charge < -0.3 is 20.0 Å². The predicted molar refractivity (Wildman–Crippen MR) is 92.1 cm³/mol. The van der Waals surface area contributed by atoms with Crippen molar-refractivity contribution in [1.29, 1.82) is 0 Å². The molecule has 2 rings (SSSR count). The highest BCUT2D eigenvalue weighted by atomic mass is 16.7. The summed E-state index contributed by atoms with van der Waals surface area (Å²) < 4.78 is 5.14. The van der Waals surface area contributed by atoms with Crippen LogP contribution in [0.15, 0.2) is 24.3 Å². The number of carbonyl (C=O) groups is 4. The average Bonchev–Trinajstić information content (AvgIpc) is 2.86. The molecule has 0 aliphatic carbocycles. The normalized spacial score (nSPS) is 15.4. The molecule has 1 aromatic rings. The number of carbonyl (C=O) groups excluding carboxylic acids is 4. The maximum absolute atomic E-state index is 12.5. The number of amides is 3. The van der Waals surface area contributed by atoms with Crippen LogP contribution in [0.25, 0.3) is 0 Å². The lowest BCUT2D eigenvalue weighted by Gasteiger charge is -2.23. The number of rotatable bonds is 5. The third kappa shape index (κ3) is 5.98. The molecule has 0 bridgehead atoms. The van der Waals surface area contributed by atoms with Crippen LogP contribution in [0.5, 0.6) is 5.75 Å². The highest BCUT2D eigenvalue weighted by molar-refractivity contribution is 6.01. The molecule has 27 heavy (non-hydrogen) atoms. The summed E-state index contributed by atoms with van der Waals surface area (Å²) in [6, 6.07) is 4.79. The molecule has 1 unspecified atom stereocenters. The van der Waals surface area contributed by atoms with Gasteiger partial charge in [-0.15, -0.1) is 5.06 Å². The number of phenols is 1. The highest BCUT2D eigenvalue weighted by Crippen LogP contribution is 2.16. The van der Waals surface area contributed by atoms with Gasteiger partial charge in [-0.1, -0.05) is 12.1 Å². The molecule has 9 heteroatoms. The first-order valence-electron chi connectivity index (χ1n) is 8.40. The molecular formula is C18H22N2O7. The Balaban J connectivity index is 2.13. The van der Waals surface area contributed by atoms with E-state index < -0.39 is 35.5 Å². The zero-order chi connectivity index (χ0) is 20.2. The first kappa shape index (κ1) is 20.2. The van der Waals surface area contributed by atoms with E-state index in [4.69, 9.17) is 9.57 Å². The predicted octanol–water partition coefficient (Wildman–Crippen LogP) is 1.44. The van der Waals surface area contributed by atoms with E-state index in [1.165, 1.54) is 12.1 Å². The average molecular weight is 378 g/mol. The molecule has 1 aliphatic heterocycles. The van der Waals surface area contributed by atoms with Crippen LogP contribution in [0.3, 0.4) is 0 Å². The van der Waals surface area contributed by atoms with Gasteiger partial charge in [-0.25, -0.2) is 9.59 Å². The molecule has 0 aromatic heterocycles. The molecule has 1 heterocycles. The summed E-state index contributed by atoms with van der Waals surface area (Å²) in [6.07, 6.45) is -0.904. The first-order chi connectivity index (χ1) is 12.5. The Morgan fingerprint density at radius 2 is 1.70 bits per heavy atom. The number of hydroxylamine groups is 2. The van der Waals surface area contributed by atoms with Crippen molar-refractivity contribution in [2.75, 3.05) is 0 Å². The fourth-order valence-electron chi connectivity index (χ4n) is 2.32. The Bertz CT molecular complexity index is 721. The van der Waals surface area contributed by atoms with Crippen LogP contribution in [0.1, 0.15) is 39.2 Å². The fourth-order valence-corrected chi connectivity index (χ4v) is 2.32. The SMILES string of the molecule is CC(C)(C)OC(=O)NC(Cc1ccc(O)cc1)C(=O)ON1C(=O)CCC1=O. The monoisotopic (exact) mass is 378 g/mol. The standard InChI is InChI=1S/C18H22N2O7/c1-18(2,3)26-17(25)19-13(10-11-4-6-12(21)7-5-11)16(24)27-20-14(22)8-9-15(20)23/h4-7,13,21H,8-10H2,1-3H3,(H,19,25). The highest BCUT2D eigenvalue weighted by Gasteiger charge is 2.35. The van der Waals surface area contributed by atoms with Crippen LogP contribution in [0, 0.1) is 0 Å². The number of aromatic hydroxyl groups is 1. The van der Waals surface area contributed by atoms with Crippen molar-refractivity contribution >= 4 is 23.9 Å². The van der Waals surface area contributed by atoms with Crippen molar-refractivity contribution in [2.45, 2.75) is 51.7 Å². The third-order valence-corrected chi connectivity index (χ3v) is 3.54. The summed E-state index contributed by atoms with van der Waals surface area (Å²) in [5, 5.41) is 12.2. The number of benzene rings is 1. The largest absolute Gasteiger partial charge is 0.508 e. The topological polar surface area (TPSA) is 122 Å². The van der Waals surface area contributed by atoms with E-state index in [-0.39, 0.29) is 25.0 Å². The molecule has 0 spiro atoms. The van der Waals surface area contributed by atoms with Crippen molar-refractivity contribution in [1.82, 2.24) is 10.4 Å². The number of alkyl carbamates (subject to hydrolysis) is 1. The summed E-state index contributed by atoms with van der Waals surface area (Å²) in [4.78, 5) is 52.7. The minimum Gasteiger partial charge on any atom is -0.508 e. The minimum atomic E-state index is -1.20. The molecule has 1 fully saturated rings. The van der Waals surface area contributed by atoms with E-state index in [0.717, 1.165) is 0 Å². The van der Waals surface area contributed by atoms with Gasteiger partial charge in [0.05, 0.1) is 0 Å². The lowest BCUT2D eigenvalue weighted by atomic mass is 10.1. The van der Waals surface area contributed by atoms with E-state index in [0.29, 0.717) is 10.6 Å². The van der Waals surface area contributed by atoms with Gasteiger partial charge in [0.15, 0.2) is 0 Å². The van der Waals surface area contributed by atoms with Gasteiger partial charge in [0.2, 0.25) is 0 Å². The molecule has 2 N–H and O–H groups in total. The van der Waals surface area contributed by atoms with E-state index in [9.17, 15) is 24.3 Å². The van der Waals surface area contributed by atoms with Crippen molar-refractivity contribution in [3.8, 4) is 5.75 Å². The lowest BCUT2D eigenvalue weighted by Crippen LogP contribution is -2.48. The number of nitrogens with one attached hydrogen (secondary N) is 1. The van der Waals surface area contributed by atoms with Crippen molar-refractivity contribution < 1.29 is 33.9 Å². The van der Waals surface area contributed by atoms with Crippen molar-refractivity contribution in [2.24, 2.45) is 0 Å². The second-order valence-corrected chi connectivity index (χ2v) is 7.06. The zero-order valence-electron chi connectivity index (χ0n) is 15.4. The number of ether oxygens (including phenoxy) is 1. The Morgan fingerprint density at radius 3 is 2.22 bits per heavy atom. The minimum absolute atomic E-state index is 0.00851. The van der Waals surface area contributed by atoms with E-state index in [1.807, 2.05) is 0 Å². The van der Waals surface area contributed by atoms with Gasteiger partial charge in [0.25, 0.3) is 11.8 Å². The molecule has 1 aromatic carbocycles. The number of imide groups is 1. The molecule has 0 radical (unpaired) electrons. The second-order valence-electron chi connectivity index (χ2n) is 7.06. The van der Waals surface area contributed by atoms with Gasteiger partial charge in [0, 0.05) is 19.3 Å². The Kier molecular flexibility index (Phi) is 6.04. The fraction of sp³-hybridized carbons (Fsp3) is 0.444. The van der Waals surface area contributed by atoms with Crippen LogP contribution < -0.4 is 5.32 Å². The summed E-state index contributed by atoms with van der Waals surface area (Å²) in [7, 11) is 0. The van der Waals surface area contributed by atoms with E-state index in [2.05, 4.69) is 5.32 Å². The molecule has 3 amide bonds. The molecule has 1 atom stereocenters. The molecule has 0 saturated carbocycles. The van der Waals surface area contributed by atoms with E-state index >= 15 is 0 Å². The maximum Gasteiger partial charge on any atom is 0.408 e. The summed E-state index contributed by atoms with van der Waals surface area (Å²) in [5.41, 5.74) is -0.164. The maximum atomic E-state index is 12.5. The Labute approximate surface area is 156 Å². The number of hydrogen-bond donors (Lipinski definition) is 2. The van der Waals surface area contributed by atoms with Crippen LogP contribution in [-0.2, 0) is 30.4 Å². The van der Waals surface area contributed by atoms with Crippen LogP contribution in [0.2, 0.25) is 0 Å². The van der Waals surface area contributed by atoms with Gasteiger partial charge in [-0.2, -0.15) is 0 Å². The molecule has 146 valence electrons. The van der Waals surface area contributed by atoms with E-state index in [1.54, 1.807) is 32.9 Å². The van der Waals surface area contributed by atoms with Crippen LogP contribution in [-0.4, -0.2) is 45.7 Å². The third-order valence-electron chi connectivity index (χ3n) is 3.54. The van der Waals surface area contributed by atoms with Gasteiger partial charge in [-0.3, -0.25) is 9.59 Å². The summed E-state index contributed by atoms with van der Waals surface area (Å²) in [5.74, 6) is -2.16. The number of phenolic OH excluding ortho intramolecular Hbond substituents is 1. The van der Waals surface area contributed by atoms with Crippen LogP contribution >= 0.6 is 0 Å². The van der Waals surface area contributed by atoms with Gasteiger partial charge >= 0.3 is 12.1 Å². The molecule has 1 saturated heterocycles. The number of nitrogens with zero attached hydrogens (tertiary/aromatic N) is 1. The summed E-state index contributed by atoms with van der Waals surface area (Å²) >= 11 is 0. The number of hydrogen-bond acceptors (Lipinski definition) is 7. The Morgan fingerprint density at radius 1 is 1.15 bits per heavy atom. The summed E-state index contributed by atoms with van der Waals surface area (Å²) in [6.45, 7) is 5.00. The quantitative estimate of drug-likeness (QED) is 0.743. The zero-order valence-corrected chi connectivity index (χ0v) is 15.4. The first-order valence-corrected chi connectivity index (χ1v) is 8.40. The van der Waals surface area contributed by atoms with Crippen molar-refractivity contribution in [3.05, 3.63) is 29.8 Å². The molecule has 1 aliphatic rings. The lowest BCUT2D eigenvalue weighted by molar-refractivity contribution is -0.198. The van der Waals surface area contributed by atoms with Crippen molar-refractivity contribution in [3.63, 3.8) is 0 Å². The molecular weight excluding hydrogens is 356 g/mol. The van der Waals surface area contributed by atoms with Gasteiger partial charge in [-0.05, 0) is 38.5 Å². The van der Waals surface area contributed by atoms with Gasteiger partial charge in [0.1, 0.15) is 17.4 Å². The smallest absolute Gasteiger partial charge is 0.408 e.